The monoisotopic (exact) mass is 602 g/mol. The Bertz CT molecular complexity index is 1460. The summed E-state index contributed by atoms with van der Waals surface area (Å²) in [4.78, 5) is 12.7. The zero-order valence-corrected chi connectivity index (χ0v) is 22.5. The zero-order valence-electron chi connectivity index (χ0n) is 19.5. The number of hydrogen-bond acceptors (Lipinski definition) is 6. The molecule has 180 valence electrons. The minimum absolute atomic E-state index is 0.0137. The Morgan fingerprint density at radius 1 is 1.03 bits per heavy atom. The van der Waals surface area contributed by atoms with Crippen molar-refractivity contribution >= 4 is 50.4 Å². The quantitative estimate of drug-likeness (QED) is 0.165. The molecule has 0 radical (unpaired) electrons. The first-order valence-electron chi connectivity index (χ1n) is 10.4. The topological polar surface area (TPSA) is 105 Å². The molecule has 0 aliphatic heterocycles. The Morgan fingerprint density at radius 3 is 2.29 bits per heavy atom. The van der Waals surface area contributed by atoms with E-state index < -0.39 is 16.0 Å². The summed E-state index contributed by atoms with van der Waals surface area (Å²) in [7, 11) is -2.72. The Morgan fingerprint density at radius 2 is 1.69 bits per heavy atom. The van der Waals surface area contributed by atoms with E-state index in [1.54, 1.807) is 24.3 Å². The highest BCUT2D eigenvalue weighted by atomic mass is 127. The summed E-state index contributed by atoms with van der Waals surface area (Å²) in [6.07, 6.45) is 1.40. The second kappa shape index (κ2) is 10.9. The summed E-state index contributed by atoms with van der Waals surface area (Å²) in [6.45, 7) is 5.68. The molecular weight excluding hydrogens is 579 g/mol. The largest absolute Gasteiger partial charge is 0.493 e. The lowest BCUT2D eigenvalue weighted by Gasteiger charge is -2.14. The van der Waals surface area contributed by atoms with Gasteiger partial charge in [0, 0.05) is 5.69 Å². The van der Waals surface area contributed by atoms with Crippen LogP contribution < -0.4 is 14.2 Å². The van der Waals surface area contributed by atoms with E-state index in [0.717, 1.165) is 16.7 Å². The van der Waals surface area contributed by atoms with Gasteiger partial charge in [-0.2, -0.15) is 13.7 Å². The van der Waals surface area contributed by atoms with Crippen LogP contribution in [0, 0.1) is 35.7 Å². The predicted molar refractivity (Wildman–Crippen MR) is 143 cm³/mol. The highest BCUT2D eigenvalue weighted by Gasteiger charge is 2.22. The number of carbonyl (C=O) groups excluding carboxylic acids is 1. The Kier molecular flexibility index (Phi) is 8.19. The van der Waals surface area contributed by atoms with Crippen LogP contribution in [0.15, 0.2) is 65.1 Å². The summed E-state index contributed by atoms with van der Waals surface area (Å²) >= 11 is 1.92. The molecule has 35 heavy (non-hydrogen) atoms. The number of rotatable bonds is 7. The van der Waals surface area contributed by atoms with Crippen molar-refractivity contribution in [1.82, 2.24) is 0 Å². The van der Waals surface area contributed by atoms with Crippen LogP contribution in [0.25, 0.3) is 6.08 Å². The Hall–Kier alpha value is -3.36. The van der Waals surface area contributed by atoms with E-state index in [1.807, 2.05) is 61.6 Å². The maximum absolute atomic E-state index is 12.8. The normalized spacial score (nSPS) is 11.5. The Balaban J connectivity index is 1.91. The van der Waals surface area contributed by atoms with Crippen LogP contribution in [0.4, 0.5) is 5.69 Å². The van der Waals surface area contributed by atoms with E-state index in [2.05, 4.69) is 5.32 Å². The highest BCUT2D eigenvalue weighted by molar-refractivity contribution is 14.1. The van der Waals surface area contributed by atoms with Crippen molar-refractivity contribution in [3.05, 3.63) is 86.0 Å². The van der Waals surface area contributed by atoms with Crippen LogP contribution in [-0.2, 0) is 14.9 Å². The van der Waals surface area contributed by atoms with E-state index in [0.29, 0.717) is 14.8 Å². The van der Waals surface area contributed by atoms with Crippen molar-refractivity contribution in [2.45, 2.75) is 25.7 Å². The van der Waals surface area contributed by atoms with Gasteiger partial charge >= 0.3 is 10.1 Å². The van der Waals surface area contributed by atoms with Crippen LogP contribution in [0.2, 0.25) is 0 Å². The second-order valence-electron chi connectivity index (χ2n) is 7.83. The number of ether oxygens (including phenoxy) is 1. The molecule has 0 saturated heterocycles. The van der Waals surface area contributed by atoms with Gasteiger partial charge in [0.15, 0.2) is 11.5 Å². The molecule has 0 spiro atoms. The SMILES string of the molecule is COc1cc(/C=C(\C#N)C(=O)Nc2ccc(C)cc2C)cc(I)c1OS(=O)(=O)c1ccc(C)cc1. The first-order chi connectivity index (χ1) is 16.5. The molecule has 0 fully saturated rings. The minimum Gasteiger partial charge on any atom is -0.493 e. The molecule has 0 aliphatic carbocycles. The highest BCUT2D eigenvalue weighted by Crippen LogP contribution is 2.36. The molecule has 1 N–H and O–H groups in total. The van der Waals surface area contributed by atoms with Crippen molar-refractivity contribution < 1.29 is 22.1 Å². The molecule has 3 aromatic rings. The molecule has 1 amide bonds. The lowest BCUT2D eigenvalue weighted by molar-refractivity contribution is -0.112. The number of nitrogens with one attached hydrogen (secondary N) is 1. The van der Waals surface area contributed by atoms with Crippen LogP contribution in [0.1, 0.15) is 22.3 Å². The summed E-state index contributed by atoms with van der Waals surface area (Å²) in [5, 5.41) is 12.3. The van der Waals surface area contributed by atoms with Gasteiger partial charge in [-0.05, 0) is 90.9 Å². The molecule has 7 nitrogen and oxygen atoms in total. The molecule has 0 heterocycles. The molecule has 0 bridgehead atoms. The summed E-state index contributed by atoms with van der Waals surface area (Å²) in [6, 6.07) is 16.9. The van der Waals surface area contributed by atoms with E-state index in [9.17, 15) is 18.5 Å². The minimum atomic E-state index is -4.10. The molecule has 9 heteroatoms. The van der Waals surface area contributed by atoms with Crippen molar-refractivity contribution in [1.29, 1.82) is 5.26 Å². The standard InChI is InChI=1S/C26H23IN2O5S/c1-16-5-8-21(9-6-16)35(31,32)34-25-22(27)13-19(14-24(25)33-4)12-20(15-28)26(30)29-23-10-7-17(2)11-18(23)3/h5-14H,1-4H3,(H,29,30)/b20-12+. The molecule has 3 aromatic carbocycles. The van der Waals surface area contributed by atoms with E-state index in [-0.39, 0.29) is 22.0 Å². The van der Waals surface area contributed by atoms with E-state index in [4.69, 9.17) is 8.92 Å². The number of nitriles is 1. The maximum Gasteiger partial charge on any atom is 0.339 e. The van der Waals surface area contributed by atoms with Gasteiger partial charge in [-0.15, -0.1) is 0 Å². The lowest BCUT2D eigenvalue weighted by atomic mass is 10.1. The molecule has 0 atom stereocenters. The van der Waals surface area contributed by atoms with Crippen LogP contribution in [0.5, 0.6) is 11.5 Å². The number of anilines is 1. The molecule has 3 rings (SSSR count). The smallest absolute Gasteiger partial charge is 0.339 e. The number of amides is 1. The fourth-order valence-corrected chi connectivity index (χ4v) is 5.07. The lowest BCUT2D eigenvalue weighted by Crippen LogP contribution is -2.14. The summed E-state index contributed by atoms with van der Waals surface area (Å²) in [5.74, 6) is -0.398. The fourth-order valence-electron chi connectivity index (χ4n) is 3.23. The van der Waals surface area contributed by atoms with Crippen LogP contribution in [-0.4, -0.2) is 21.4 Å². The maximum atomic E-state index is 12.8. The summed E-state index contributed by atoms with van der Waals surface area (Å²) < 4.78 is 36.7. The van der Waals surface area contributed by atoms with Crippen molar-refractivity contribution in [3.8, 4) is 17.6 Å². The fraction of sp³-hybridized carbons (Fsp3) is 0.154. The number of halogens is 1. The average Bonchev–Trinajstić information content (AvgIpc) is 2.80. The van der Waals surface area contributed by atoms with Gasteiger partial charge in [0.2, 0.25) is 0 Å². The number of carbonyl (C=O) groups is 1. The third-order valence-electron chi connectivity index (χ3n) is 5.06. The Labute approximate surface area is 218 Å². The van der Waals surface area contributed by atoms with Gasteiger partial charge in [0.05, 0.1) is 10.7 Å². The van der Waals surface area contributed by atoms with Crippen LogP contribution >= 0.6 is 22.6 Å². The van der Waals surface area contributed by atoms with Crippen molar-refractivity contribution in [2.24, 2.45) is 0 Å². The number of benzene rings is 3. The van der Waals surface area contributed by atoms with Gasteiger partial charge in [-0.3, -0.25) is 4.79 Å². The molecular formula is C26H23IN2O5S. The first kappa shape index (κ1) is 26.2. The molecule has 0 saturated carbocycles. The van der Waals surface area contributed by atoms with Crippen LogP contribution in [0.3, 0.4) is 0 Å². The van der Waals surface area contributed by atoms with Gasteiger partial charge in [-0.1, -0.05) is 35.4 Å². The predicted octanol–water partition coefficient (Wildman–Crippen LogP) is 5.54. The number of aryl methyl sites for hydroxylation is 3. The molecule has 0 unspecified atom stereocenters. The van der Waals surface area contributed by atoms with Gasteiger partial charge in [0.1, 0.15) is 16.5 Å². The average molecular weight is 602 g/mol. The molecule has 0 aromatic heterocycles. The van der Waals surface area contributed by atoms with E-state index >= 15 is 0 Å². The third kappa shape index (κ3) is 6.41. The number of methoxy groups -OCH3 is 1. The van der Waals surface area contributed by atoms with Gasteiger partial charge in [0.25, 0.3) is 5.91 Å². The third-order valence-corrected chi connectivity index (χ3v) is 7.10. The van der Waals surface area contributed by atoms with Gasteiger partial charge < -0.3 is 14.2 Å². The summed E-state index contributed by atoms with van der Waals surface area (Å²) in [5.41, 5.74) is 3.82. The van der Waals surface area contributed by atoms with Crippen molar-refractivity contribution in [2.75, 3.05) is 12.4 Å². The van der Waals surface area contributed by atoms with E-state index in [1.165, 1.54) is 31.4 Å². The first-order valence-corrected chi connectivity index (χ1v) is 12.9. The number of hydrogen-bond donors (Lipinski definition) is 1. The van der Waals surface area contributed by atoms with Gasteiger partial charge in [-0.25, -0.2) is 0 Å². The number of nitrogens with zero attached hydrogens (tertiary/aromatic N) is 1. The second-order valence-corrected chi connectivity index (χ2v) is 10.5. The zero-order chi connectivity index (χ0) is 25.8. The van der Waals surface area contributed by atoms with Crippen molar-refractivity contribution in [3.63, 3.8) is 0 Å². The molecule has 0 aliphatic rings.